The van der Waals surface area contributed by atoms with Gasteiger partial charge in [0.2, 0.25) is 0 Å². The molecule has 0 aliphatic rings. The van der Waals surface area contributed by atoms with Crippen LogP contribution < -0.4 is 15.6 Å². The highest BCUT2D eigenvalue weighted by Crippen LogP contribution is 2.19. The van der Waals surface area contributed by atoms with Crippen LogP contribution in [0.25, 0.3) is 0 Å². The maximum absolute atomic E-state index is 11.7. The second-order valence-corrected chi connectivity index (χ2v) is 6.09. The molecule has 1 heterocycles. The molecule has 1 aromatic heterocycles. The predicted molar refractivity (Wildman–Crippen MR) is 91.7 cm³/mol. The maximum atomic E-state index is 11.7. The van der Waals surface area contributed by atoms with E-state index in [1.165, 1.54) is 10.2 Å². The second kappa shape index (κ2) is 7.45. The summed E-state index contributed by atoms with van der Waals surface area (Å²) in [5.74, 6) is 1.36. The van der Waals surface area contributed by atoms with Crippen molar-refractivity contribution in [1.29, 1.82) is 0 Å². The van der Waals surface area contributed by atoms with Crippen LogP contribution in [0.4, 0.5) is 5.69 Å². The summed E-state index contributed by atoms with van der Waals surface area (Å²) in [7, 11) is 1.61. The average Bonchev–Trinajstić information content (AvgIpc) is 2.51. The van der Waals surface area contributed by atoms with Crippen LogP contribution in [0.15, 0.2) is 39.7 Å². The minimum Gasteiger partial charge on any atom is -0.492 e. The summed E-state index contributed by atoms with van der Waals surface area (Å²) in [6, 6.07) is 8.11. The fourth-order valence-corrected chi connectivity index (χ4v) is 2.44. The number of aryl methyl sites for hydroxylation is 1. The average molecular weight is 366 g/mol. The number of benzene rings is 1. The molecule has 0 saturated carbocycles. The lowest BCUT2D eigenvalue weighted by atomic mass is 10.0. The number of rotatable bonds is 6. The molecule has 5 nitrogen and oxygen atoms in total. The van der Waals surface area contributed by atoms with E-state index < -0.39 is 0 Å². The first-order valence-electron chi connectivity index (χ1n) is 7.17. The van der Waals surface area contributed by atoms with Gasteiger partial charge in [-0.1, -0.05) is 26.0 Å². The highest BCUT2D eigenvalue weighted by Gasteiger charge is 2.06. The molecule has 2 rings (SSSR count). The van der Waals surface area contributed by atoms with Crippen LogP contribution in [0.5, 0.6) is 5.75 Å². The molecule has 0 aliphatic heterocycles. The Kier molecular flexibility index (Phi) is 5.60. The van der Waals surface area contributed by atoms with E-state index in [1.54, 1.807) is 13.2 Å². The quantitative estimate of drug-likeness (QED) is 0.798. The standard InChI is InChI=1S/C16H20BrN3O2/c1-11(2)12-4-6-13(7-5-12)22-9-8-18-14-10-19-20(3)16(21)15(14)17/h4-7,10-11,18H,8-9H2,1-3H3. The van der Waals surface area contributed by atoms with Crippen molar-refractivity contribution in [2.24, 2.45) is 7.05 Å². The molecule has 22 heavy (non-hydrogen) atoms. The highest BCUT2D eigenvalue weighted by atomic mass is 79.9. The van der Waals surface area contributed by atoms with Crippen molar-refractivity contribution >= 4 is 21.6 Å². The van der Waals surface area contributed by atoms with Crippen LogP contribution in [0.1, 0.15) is 25.3 Å². The van der Waals surface area contributed by atoms with Gasteiger partial charge in [0.05, 0.1) is 11.9 Å². The summed E-state index contributed by atoms with van der Waals surface area (Å²) in [6.45, 7) is 5.41. The number of nitrogens with one attached hydrogen (secondary N) is 1. The number of ether oxygens (including phenoxy) is 1. The van der Waals surface area contributed by atoms with Gasteiger partial charge >= 0.3 is 0 Å². The normalized spacial score (nSPS) is 10.8. The van der Waals surface area contributed by atoms with Gasteiger partial charge in [0.25, 0.3) is 5.56 Å². The molecule has 0 bridgehead atoms. The van der Waals surface area contributed by atoms with Crippen molar-refractivity contribution in [3.63, 3.8) is 0 Å². The third-order valence-corrected chi connectivity index (χ3v) is 4.08. The number of nitrogens with zero attached hydrogens (tertiary/aromatic N) is 2. The highest BCUT2D eigenvalue weighted by molar-refractivity contribution is 9.10. The fraction of sp³-hybridized carbons (Fsp3) is 0.375. The lowest BCUT2D eigenvalue weighted by molar-refractivity contribution is 0.332. The lowest BCUT2D eigenvalue weighted by Gasteiger charge is -2.11. The zero-order chi connectivity index (χ0) is 16.1. The summed E-state index contributed by atoms with van der Waals surface area (Å²) in [6.07, 6.45) is 1.61. The first-order chi connectivity index (χ1) is 10.5. The predicted octanol–water partition coefficient (Wildman–Crippen LogP) is 3.16. The van der Waals surface area contributed by atoms with Gasteiger partial charge in [-0.2, -0.15) is 5.10 Å². The molecule has 0 radical (unpaired) electrons. The Morgan fingerprint density at radius 2 is 2.00 bits per heavy atom. The second-order valence-electron chi connectivity index (χ2n) is 5.30. The van der Waals surface area contributed by atoms with E-state index >= 15 is 0 Å². The van der Waals surface area contributed by atoms with E-state index in [-0.39, 0.29) is 5.56 Å². The number of hydrogen-bond acceptors (Lipinski definition) is 4. The van der Waals surface area contributed by atoms with Gasteiger partial charge in [-0.15, -0.1) is 0 Å². The topological polar surface area (TPSA) is 56.1 Å². The summed E-state index contributed by atoms with van der Waals surface area (Å²) >= 11 is 3.27. The monoisotopic (exact) mass is 365 g/mol. The van der Waals surface area contributed by atoms with Crippen molar-refractivity contribution in [1.82, 2.24) is 9.78 Å². The first-order valence-corrected chi connectivity index (χ1v) is 7.96. The Bertz CT molecular complexity index is 681. The Morgan fingerprint density at radius 1 is 1.32 bits per heavy atom. The molecule has 0 aliphatic carbocycles. The van der Waals surface area contributed by atoms with Crippen molar-refractivity contribution in [2.75, 3.05) is 18.5 Å². The van der Waals surface area contributed by atoms with Gasteiger partial charge in [0, 0.05) is 13.6 Å². The van der Waals surface area contributed by atoms with Crippen LogP contribution in [0.3, 0.4) is 0 Å². The number of halogens is 1. The molecule has 0 spiro atoms. The van der Waals surface area contributed by atoms with Crippen LogP contribution in [-0.4, -0.2) is 22.9 Å². The number of anilines is 1. The minimum absolute atomic E-state index is 0.171. The Labute approximate surface area is 138 Å². The van der Waals surface area contributed by atoms with Gasteiger partial charge < -0.3 is 10.1 Å². The van der Waals surface area contributed by atoms with Gasteiger partial charge in [-0.3, -0.25) is 4.79 Å². The molecule has 0 unspecified atom stereocenters. The first kappa shape index (κ1) is 16.5. The van der Waals surface area contributed by atoms with Crippen molar-refractivity contribution in [3.8, 4) is 5.75 Å². The smallest absolute Gasteiger partial charge is 0.282 e. The summed E-state index contributed by atoms with van der Waals surface area (Å²) in [5, 5.41) is 7.11. The maximum Gasteiger partial charge on any atom is 0.282 e. The van der Waals surface area contributed by atoms with Crippen LogP contribution in [0, 0.1) is 0 Å². The molecule has 118 valence electrons. The summed E-state index contributed by atoms with van der Waals surface area (Å²) in [5.41, 5.74) is 1.79. The van der Waals surface area contributed by atoms with E-state index in [2.05, 4.69) is 52.3 Å². The Balaban J connectivity index is 1.85. The molecule has 1 aromatic carbocycles. The van der Waals surface area contributed by atoms with Gasteiger partial charge in [-0.05, 0) is 39.5 Å². The van der Waals surface area contributed by atoms with Crippen molar-refractivity contribution in [2.45, 2.75) is 19.8 Å². The molecule has 6 heteroatoms. The zero-order valence-electron chi connectivity index (χ0n) is 13.0. The van der Waals surface area contributed by atoms with E-state index in [1.807, 2.05) is 12.1 Å². The zero-order valence-corrected chi connectivity index (χ0v) is 14.6. The molecular weight excluding hydrogens is 346 g/mol. The lowest BCUT2D eigenvalue weighted by Crippen LogP contribution is -2.22. The van der Waals surface area contributed by atoms with Gasteiger partial charge in [-0.25, -0.2) is 4.68 Å². The van der Waals surface area contributed by atoms with Crippen LogP contribution >= 0.6 is 15.9 Å². The molecule has 1 N–H and O–H groups in total. The minimum atomic E-state index is -0.171. The summed E-state index contributed by atoms with van der Waals surface area (Å²) in [4.78, 5) is 11.7. The van der Waals surface area contributed by atoms with Crippen molar-refractivity contribution < 1.29 is 4.74 Å². The largest absolute Gasteiger partial charge is 0.492 e. The summed E-state index contributed by atoms with van der Waals surface area (Å²) < 4.78 is 7.43. The molecule has 0 fully saturated rings. The molecule has 2 aromatic rings. The molecule has 0 saturated heterocycles. The van der Waals surface area contributed by atoms with Crippen molar-refractivity contribution in [3.05, 3.63) is 50.9 Å². The van der Waals surface area contributed by atoms with Gasteiger partial charge in [0.15, 0.2) is 0 Å². The van der Waals surface area contributed by atoms with Crippen LogP contribution in [0.2, 0.25) is 0 Å². The number of hydrogen-bond donors (Lipinski definition) is 1. The Hall–Kier alpha value is -1.82. The van der Waals surface area contributed by atoms with E-state index in [0.29, 0.717) is 29.2 Å². The SMILES string of the molecule is CC(C)c1ccc(OCCNc2cnn(C)c(=O)c2Br)cc1. The van der Waals surface area contributed by atoms with Gasteiger partial charge in [0.1, 0.15) is 16.8 Å². The van der Waals surface area contributed by atoms with E-state index in [4.69, 9.17) is 4.74 Å². The van der Waals surface area contributed by atoms with E-state index in [9.17, 15) is 4.79 Å². The Morgan fingerprint density at radius 3 is 2.64 bits per heavy atom. The van der Waals surface area contributed by atoms with Crippen LogP contribution in [-0.2, 0) is 7.05 Å². The molecular formula is C16H20BrN3O2. The van der Waals surface area contributed by atoms with E-state index in [0.717, 1.165) is 5.75 Å². The third kappa shape index (κ3) is 4.10. The molecule has 0 amide bonds. The third-order valence-electron chi connectivity index (χ3n) is 3.31. The molecule has 0 atom stereocenters. The number of aromatic nitrogens is 2. The fourth-order valence-electron chi connectivity index (χ4n) is 1.94.